The molecule has 0 bridgehead atoms. The van der Waals surface area contributed by atoms with Crippen LogP contribution in [0.15, 0.2) is 36.4 Å². The predicted octanol–water partition coefficient (Wildman–Crippen LogP) is 4.39. The van der Waals surface area contributed by atoms with Gasteiger partial charge in [0.2, 0.25) is 11.8 Å². The maximum Gasteiger partial charge on any atom is 0.242 e. The van der Waals surface area contributed by atoms with E-state index in [0.717, 1.165) is 24.5 Å². The molecule has 2 amide bonds. The van der Waals surface area contributed by atoms with Crippen LogP contribution in [0.25, 0.3) is 22.2 Å². The summed E-state index contributed by atoms with van der Waals surface area (Å²) < 4.78 is 41.9. The second-order valence-corrected chi connectivity index (χ2v) is 8.43. The maximum absolute atomic E-state index is 14.4. The molecule has 0 unspecified atom stereocenters. The van der Waals surface area contributed by atoms with Crippen LogP contribution in [-0.2, 0) is 9.59 Å². The number of amides is 2. The van der Waals surface area contributed by atoms with Crippen molar-refractivity contribution in [3.05, 3.63) is 59.4 Å². The van der Waals surface area contributed by atoms with Gasteiger partial charge >= 0.3 is 0 Å². The zero-order valence-electron chi connectivity index (χ0n) is 17.8. The molecule has 0 spiro atoms. The van der Waals surface area contributed by atoms with E-state index in [9.17, 15) is 22.8 Å². The van der Waals surface area contributed by atoms with Crippen molar-refractivity contribution in [1.82, 2.24) is 15.6 Å². The molecule has 1 aliphatic rings. The zero-order chi connectivity index (χ0) is 23.0. The molecule has 168 valence electrons. The lowest BCUT2D eigenvalue weighted by Gasteiger charge is -2.36. The van der Waals surface area contributed by atoms with E-state index in [1.807, 2.05) is 0 Å². The highest BCUT2D eigenvalue weighted by Crippen LogP contribution is 2.48. The number of halogens is 3. The summed E-state index contributed by atoms with van der Waals surface area (Å²) in [4.78, 5) is 26.3. The second-order valence-electron chi connectivity index (χ2n) is 8.43. The van der Waals surface area contributed by atoms with Gasteiger partial charge in [0.1, 0.15) is 23.5 Å². The van der Waals surface area contributed by atoms with Crippen LogP contribution in [0.5, 0.6) is 0 Å². The standard InChI is InChI=1S/C24H24F3N3O2/c1-12(29-13(2)31)24(32)28-11-14-7-16(8-14)21-19-9-18(26)10-20(27)23(19)30-22(21)15-3-5-17(25)6-4-15/h3-6,9-10,12,14,16,30H,7-8,11H2,1-2H3,(H,28,32)(H,29,31)/t12-,14-,16-/m1/s1. The van der Waals surface area contributed by atoms with Crippen molar-refractivity contribution in [2.75, 3.05) is 6.54 Å². The topological polar surface area (TPSA) is 74.0 Å². The fourth-order valence-corrected chi connectivity index (χ4v) is 4.41. The lowest BCUT2D eigenvalue weighted by Crippen LogP contribution is -2.46. The normalized spacial score (nSPS) is 18.8. The van der Waals surface area contributed by atoms with E-state index in [2.05, 4.69) is 15.6 Å². The molecule has 2 aromatic carbocycles. The number of rotatable bonds is 6. The van der Waals surface area contributed by atoms with Crippen molar-refractivity contribution < 1.29 is 22.8 Å². The molecule has 0 saturated heterocycles. The van der Waals surface area contributed by atoms with Gasteiger partial charge in [-0.25, -0.2) is 13.2 Å². The molecule has 1 heterocycles. The molecule has 1 atom stereocenters. The Balaban J connectivity index is 1.54. The molecule has 5 nitrogen and oxygen atoms in total. The van der Waals surface area contributed by atoms with Crippen LogP contribution in [0.2, 0.25) is 0 Å². The van der Waals surface area contributed by atoms with E-state index < -0.39 is 17.7 Å². The quantitative estimate of drug-likeness (QED) is 0.529. The number of aromatic nitrogens is 1. The Morgan fingerprint density at radius 3 is 2.44 bits per heavy atom. The Kier molecular flexibility index (Phi) is 5.95. The Bertz CT molecular complexity index is 1170. The number of hydrogen-bond acceptors (Lipinski definition) is 2. The number of fused-ring (bicyclic) bond motifs is 1. The van der Waals surface area contributed by atoms with Crippen LogP contribution in [0.3, 0.4) is 0 Å². The van der Waals surface area contributed by atoms with Crippen molar-refractivity contribution >= 4 is 22.7 Å². The second kappa shape index (κ2) is 8.68. The first kappa shape index (κ1) is 21.9. The highest BCUT2D eigenvalue weighted by atomic mass is 19.1. The summed E-state index contributed by atoms with van der Waals surface area (Å²) in [5.74, 6) is -2.00. The lowest BCUT2D eigenvalue weighted by atomic mass is 9.70. The molecule has 1 aliphatic carbocycles. The fourth-order valence-electron chi connectivity index (χ4n) is 4.41. The number of carbonyl (C=O) groups excluding carboxylic acids is 2. The van der Waals surface area contributed by atoms with Gasteiger partial charge in [-0.05, 0) is 73.1 Å². The van der Waals surface area contributed by atoms with E-state index in [-0.39, 0.29) is 35.0 Å². The van der Waals surface area contributed by atoms with Gasteiger partial charge in [0.15, 0.2) is 0 Å². The molecular formula is C24H24F3N3O2. The van der Waals surface area contributed by atoms with Crippen molar-refractivity contribution in [3.63, 3.8) is 0 Å². The Morgan fingerprint density at radius 2 is 1.78 bits per heavy atom. The Morgan fingerprint density at radius 1 is 1.09 bits per heavy atom. The third-order valence-corrected chi connectivity index (χ3v) is 6.02. The maximum atomic E-state index is 14.4. The molecular weight excluding hydrogens is 419 g/mol. The predicted molar refractivity (Wildman–Crippen MR) is 115 cm³/mol. The van der Waals surface area contributed by atoms with E-state index in [0.29, 0.717) is 23.2 Å². The molecule has 0 radical (unpaired) electrons. The summed E-state index contributed by atoms with van der Waals surface area (Å²) >= 11 is 0. The molecule has 32 heavy (non-hydrogen) atoms. The Labute approximate surface area is 183 Å². The minimum absolute atomic E-state index is 0.0414. The van der Waals surface area contributed by atoms with E-state index in [4.69, 9.17) is 0 Å². The minimum Gasteiger partial charge on any atom is -0.354 e. The number of hydrogen-bond donors (Lipinski definition) is 3. The van der Waals surface area contributed by atoms with Gasteiger partial charge < -0.3 is 15.6 Å². The number of H-pyrrole nitrogens is 1. The lowest BCUT2D eigenvalue weighted by molar-refractivity contribution is -0.127. The van der Waals surface area contributed by atoms with E-state index in [1.54, 1.807) is 19.1 Å². The highest BCUT2D eigenvalue weighted by molar-refractivity contribution is 5.92. The van der Waals surface area contributed by atoms with E-state index >= 15 is 0 Å². The molecule has 4 rings (SSSR count). The monoisotopic (exact) mass is 443 g/mol. The summed E-state index contributed by atoms with van der Waals surface area (Å²) in [5.41, 5.74) is 2.37. The average molecular weight is 443 g/mol. The van der Waals surface area contributed by atoms with Gasteiger partial charge in [-0.15, -0.1) is 0 Å². The van der Waals surface area contributed by atoms with Crippen molar-refractivity contribution in [3.8, 4) is 11.3 Å². The van der Waals surface area contributed by atoms with Crippen molar-refractivity contribution in [1.29, 1.82) is 0 Å². The molecule has 1 saturated carbocycles. The summed E-state index contributed by atoms with van der Waals surface area (Å²) in [6, 6.07) is 7.42. The molecule has 1 fully saturated rings. The zero-order valence-corrected chi connectivity index (χ0v) is 17.8. The summed E-state index contributed by atoms with van der Waals surface area (Å²) in [6.07, 6.45) is 1.46. The van der Waals surface area contributed by atoms with Crippen molar-refractivity contribution in [2.45, 2.75) is 38.6 Å². The first-order chi connectivity index (χ1) is 15.2. The van der Waals surface area contributed by atoms with E-state index in [1.165, 1.54) is 25.1 Å². The van der Waals surface area contributed by atoms with Crippen LogP contribution in [0, 0.1) is 23.4 Å². The average Bonchev–Trinajstić information content (AvgIpc) is 3.06. The summed E-state index contributed by atoms with van der Waals surface area (Å²) in [5, 5.41) is 5.86. The van der Waals surface area contributed by atoms with Crippen LogP contribution >= 0.6 is 0 Å². The smallest absolute Gasteiger partial charge is 0.242 e. The Hall–Kier alpha value is -3.29. The van der Waals surface area contributed by atoms with Gasteiger partial charge in [0.25, 0.3) is 0 Å². The van der Waals surface area contributed by atoms with Crippen molar-refractivity contribution in [2.24, 2.45) is 5.92 Å². The molecule has 3 N–H and O–H groups in total. The molecule has 8 heteroatoms. The summed E-state index contributed by atoms with van der Waals surface area (Å²) in [7, 11) is 0. The van der Waals surface area contributed by atoms with Gasteiger partial charge in [-0.1, -0.05) is 0 Å². The first-order valence-corrected chi connectivity index (χ1v) is 10.5. The highest BCUT2D eigenvalue weighted by Gasteiger charge is 2.35. The first-order valence-electron chi connectivity index (χ1n) is 10.5. The van der Waals surface area contributed by atoms with Gasteiger partial charge in [0, 0.05) is 24.9 Å². The minimum atomic E-state index is -0.676. The number of aromatic amines is 1. The van der Waals surface area contributed by atoms with Gasteiger partial charge in [-0.3, -0.25) is 9.59 Å². The number of benzene rings is 2. The van der Waals surface area contributed by atoms with Gasteiger partial charge in [0.05, 0.1) is 11.2 Å². The number of carbonyl (C=O) groups is 2. The SMILES string of the molecule is CC(=O)N[C@H](C)C(=O)NC[C@H]1C[C@H](c2c(-c3ccc(F)cc3)[nH]c3c(F)cc(F)cc32)C1. The van der Waals surface area contributed by atoms with Crippen LogP contribution in [0.4, 0.5) is 13.2 Å². The molecule has 1 aromatic heterocycles. The largest absolute Gasteiger partial charge is 0.354 e. The number of nitrogens with one attached hydrogen (secondary N) is 3. The third kappa shape index (κ3) is 4.35. The van der Waals surface area contributed by atoms with Crippen LogP contribution in [0.1, 0.15) is 38.2 Å². The molecule has 3 aromatic rings. The fraction of sp³-hybridized carbons (Fsp3) is 0.333. The van der Waals surface area contributed by atoms with Crippen LogP contribution < -0.4 is 10.6 Å². The van der Waals surface area contributed by atoms with Crippen LogP contribution in [-0.4, -0.2) is 29.4 Å². The third-order valence-electron chi connectivity index (χ3n) is 6.02. The summed E-state index contributed by atoms with van der Waals surface area (Å²) in [6.45, 7) is 3.42. The van der Waals surface area contributed by atoms with Gasteiger partial charge in [-0.2, -0.15) is 0 Å². The molecule has 0 aliphatic heterocycles.